The van der Waals surface area contributed by atoms with Crippen molar-refractivity contribution < 1.29 is 19.4 Å². The minimum absolute atomic E-state index is 0.121. The Kier molecular flexibility index (Phi) is 7.87. The van der Waals surface area contributed by atoms with Crippen molar-refractivity contribution in [2.24, 2.45) is 0 Å². The Morgan fingerprint density at radius 1 is 0.818 bits per heavy atom. The van der Waals surface area contributed by atoms with Crippen molar-refractivity contribution >= 4 is 12.2 Å². The molecule has 2 fully saturated rings. The second-order valence-corrected chi connectivity index (χ2v) is 12.2. The number of ether oxygens (including phenoxy) is 1. The molecule has 226 valence electrons. The summed E-state index contributed by atoms with van der Waals surface area (Å²) in [5.74, 6) is 7.68. The molecule has 10 nitrogen and oxygen atoms in total. The summed E-state index contributed by atoms with van der Waals surface area (Å²) < 4.78 is 5.61. The van der Waals surface area contributed by atoms with Gasteiger partial charge in [0.1, 0.15) is 22.9 Å². The fraction of sp³-hybridized carbons (Fsp3) is 0.353. The normalized spacial score (nSPS) is 18.2. The maximum absolute atomic E-state index is 12.7. The molecule has 2 aromatic carbocycles. The van der Waals surface area contributed by atoms with E-state index in [1.165, 1.54) is 4.90 Å². The van der Waals surface area contributed by atoms with Crippen molar-refractivity contribution in [2.75, 3.05) is 13.1 Å². The smallest absolute Gasteiger partial charge is 0.410 e. The summed E-state index contributed by atoms with van der Waals surface area (Å²) in [6.45, 7) is 6.81. The van der Waals surface area contributed by atoms with Crippen LogP contribution in [0.4, 0.5) is 9.59 Å². The molecule has 0 radical (unpaired) electrons. The number of hydrogen-bond donors (Lipinski definition) is 3. The summed E-state index contributed by atoms with van der Waals surface area (Å²) in [5, 5.41) is 9.40. The number of benzene rings is 2. The number of rotatable bonds is 4. The lowest BCUT2D eigenvalue weighted by Crippen LogP contribution is -2.36. The van der Waals surface area contributed by atoms with Gasteiger partial charge in [-0.05, 0) is 81.2 Å². The van der Waals surface area contributed by atoms with Gasteiger partial charge in [0.2, 0.25) is 0 Å². The number of aromatic nitrogens is 4. The standard InChI is InChI=1S/C34H36N6O4/c1-34(2,3)44-33(43)40-19-5-7-29(40)31-36-21-27(38-31)25-15-13-24(14-16-25)23-11-8-22(9-12-23)10-17-26-20-35-30(37-26)28-6-4-18-39(28)32(41)42/h8-9,11-16,20-21,28-29H,4-7,18-19H2,1-3H3,(H,35,37)(H,36,38)(H,41,42)/t28?,29-/m0/s1. The van der Waals surface area contributed by atoms with Crippen LogP contribution >= 0.6 is 0 Å². The van der Waals surface area contributed by atoms with Crippen LogP contribution < -0.4 is 0 Å². The first kappa shape index (κ1) is 29.1. The highest BCUT2D eigenvalue weighted by Crippen LogP contribution is 2.33. The van der Waals surface area contributed by atoms with Gasteiger partial charge in [-0.1, -0.05) is 42.3 Å². The Morgan fingerprint density at radius 3 is 2.05 bits per heavy atom. The fourth-order valence-corrected chi connectivity index (χ4v) is 5.82. The summed E-state index contributed by atoms with van der Waals surface area (Å²) in [7, 11) is 0. The van der Waals surface area contributed by atoms with Crippen LogP contribution in [-0.4, -0.2) is 65.7 Å². The zero-order valence-corrected chi connectivity index (χ0v) is 25.1. The van der Waals surface area contributed by atoms with Crippen molar-refractivity contribution in [1.82, 2.24) is 29.7 Å². The van der Waals surface area contributed by atoms with E-state index in [0.717, 1.165) is 59.5 Å². The highest BCUT2D eigenvalue weighted by atomic mass is 16.6. The van der Waals surface area contributed by atoms with Gasteiger partial charge < -0.3 is 19.8 Å². The van der Waals surface area contributed by atoms with Gasteiger partial charge in [0.15, 0.2) is 0 Å². The van der Waals surface area contributed by atoms with E-state index in [1.54, 1.807) is 11.1 Å². The predicted molar refractivity (Wildman–Crippen MR) is 166 cm³/mol. The highest BCUT2D eigenvalue weighted by Gasteiger charge is 2.35. The molecule has 0 aliphatic carbocycles. The SMILES string of the molecule is CC(C)(C)OC(=O)N1CCC[C@H]1c1ncc(-c2ccc(-c3ccc(C#Cc4cnc(C5CCCN5C(=O)O)[nH]4)cc3)cc2)[nH]1. The quantitative estimate of drug-likeness (QED) is 0.225. The minimum Gasteiger partial charge on any atom is -0.465 e. The van der Waals surface area contributed by atoms with Gasteiger partial charge in [0, 0.05) is 18.7 Å². The summed E-state index contributed by atoms with van der Waals surface area (Å²) in [5.41, 5.74) is 5.06. The van der Waals surface area contributed by atoms with Crippen LogP contribution in [-0.2, 0) is 4.74 Å². The van der Waals surface area contributed by atoms with E-state index >= 15 is 0 Å². The Hall–Kier alpha value is -5.04. The Morgan fingerprint density at radius 2 is 1.39 bits per heavy atom. The number of likely N-dealkylation sites (tertiary alicyclic amines) is 2. The molecule has 2 aliphatic rings. The number of hydrogen-bond acceptors (Lipinski definition) is 5. The summed E-state index contributed by atoms with van der Waals surface area (Å²) in [6, 6.07) is 16.0. The molecule has 0 saturated carbocycles. The summed E-state index contributed by atoms with van der Waals surface area (Å²) in [4.78, 5) is 43.0. The van der Waals surface area contributed by atoms with E-state index in [0.29, 0.717) is 24.6 Å². The zero-order valence-electron chi connectivity index (χ0n) is 25.1. The lowest BCUT2D eigenvalue weighted by atomic mass is 10.0. The third-order valence-electron chi connectivity index (χ3n) is 7.96. The lowest BCUT2D eigenvalue weighted by molar-refractivity contribution is 0.0218. The maximum atomic E-state index is 12.7. The molecular weight excluding hydrogens is 556 g/mol. The Bertz CT molecular complexity index is 1700. The average Bonchev–Trinajstić information content (AvgIpc) is 3.82. The minimum atomic E-state index is -0.922. The van der Waals surface area contributed by atoms with Crippen molar-refractivity contribution in [2.45, 2.75) is 64.1 Å². The van der Waals surface area contributed by atoms with Crippen LogP contribution in [0.25, 0.3) is 22.4 Å². The van der Waals surface area contributed by atoms with Gasteiger partial charge in [-0.15, -0.1) is 0 Å². The first-order valence-electron chi connectivity index (χ1n) is 15.0. The van der Waals surface area contributed by atoms with Crippen molar-refractivity contribution in [3.05, 3.63) is 83.8 Å². The Balaban J connectivity index is 1.10. The number of nitrogens with one attached hydrogen (secondary N) is 2. The number of aromatic amines is 2. The van der Waals surface area contributed by atoms with Crippen LogP contribution in [0.3, 0.4) is 0 Å². The summed E-state index contributed by atoms with van der Waals surface area (Å²) in [6.07, 6.45) is 5.60. The number of H-pyrrole nitrogens is 2. The highest BCUT2D eigenvalue weighted by molar-refractivity contribution is 5.70. The maximum Gasteiger partial charge on any atom is 0.410 e. The molecule has 0 spiro atoms. The summed E-state index contributed by atoms with van der Waals surface area (Å²) >= 11 is 0. The molecule has 2 atom stereocenters. The molecule has 3 N–H and O–H groups in total. The fourth-order valence-electron chi connectivity index (χ4n) is 5.82. The average molecular weight is 593 g/mol. The van der Waals surface area contributed by atoms with Gasteiger partial charge >= 0.3 is 12.2 Å². The Labute approximate surface area is 256 Å². The second-order valence-electron chi connectivity index (χ2n) is 12.2. The van der Waals surface area contributed by atoms with E-state index in [9.17, 15) is 14.7 Å². The number of imidazole rings is 2. The van der Waals surface area contributed by atoms with Crippen LogP contribution in [0.5, 0.6) is 0 Å². The molecule has 4 heterocycles. The van der Waals surface area contributed by atoms with E-state index < -0.39 is 11.7 Å². The van der Waals surface area contributed by atoms with Crippen molar-refractivity contribution in [1.29, 1.82) is 0 Å². The first-order valence-corrected chi connectivity index (χ1v) is 15.0. The topological polar surface area (TPSA) is 127 Å². The predicted octanol–water partition coefficient (Wildman–Crippen LogP) is 6.75. The number of carbonyl (C=O) groups excluding carboxylic acids is 1. The van der Waals surface area contributed by atoms with Gasteiger partial charge in [-0.25, -0.2) is 19.6 Å². The van der Waals surface area contributed by atoms with Gasteiger partial charge in [-0.3, -0.25) is 9.80 Å². The van der Waals surface area contributed by atoms with Crippen LogP contribution in [0, 0.1) is 11.8 Å². The number of carbonyl (C=O) groups is 2. The lowest BCUT2D eigenvalue weighted by Gasteiger charge is -2.27. The van der Waals surface area contributed by atoms with Crippen molar-refractivity contribution in [3.63, 3.8) is 0 Å². The first-order chi connectivity index (χ1) is 21.1. The molecule has 2 aromatic heterocycles. The molecule has 2 aliphatic heterocycles. The van der Waals surface area contributed by atoms with E-state index in [2.05, 4.69) is 56.0 Å². The molecule has 44 heavy (non-hydrogen) atoms. The molecule has 10 heteroatoms. The molecule has 0 bridgehead atoms. The van der Waals surface area contributed by atoms with E-state index in [1.807, 2.05) is 51.2 Å². The van der Waals surface area contributed by atoms with E-state index in [-0.39, 0.29) is 18.2 Å². The second kappa shape index (κ2) is 11.9. The number of carboxylic acid groups (broad SMARTS) is 1. The van der Waals surface area contributed by atoms with Crippen LogP contribution in [0.1, 0.15) is 81.4 Å². The molecule has 6 rings (SSSR count). The van der Waals surface area contributed by atoms with Gasteiger partial charge in [0.25, 0.3) is 0 Å². The number of amides is 2. The van der Waals surface area contributed by atoms with Gasteiger partial charge in [-0.2, -0.15) is 0 Å². The molecule has 4 aromatic rings. The molecular formula is C34H36N6O4. The van der Waals surface area contributed by atoms with Crippen LogP contribution in [0.2, 0.25) is 0 Å². The molecule has 2 saturated heterocycles. The monoisotopic (exact) mass is 592 g/mol. The van der Waals surface area contributed by atoms with Crippen LogP contribution in [0.15, 0.2) is 60.9 Å². The third-order valence-corrected chi connectivity index (χ3v) is 7.96. The van der Waals surface area contributed by atoms with Crippen molar-refractivity contribution in [3.8, 4) is 34.2 Å². The number of nitrogens with zero attached hydrogens (tertiary/aromatic N) is 4. The zero-order chi connectivity index (χ0) is 30.8. The van der Waals surface area contributed by atoms with Gasteiger partial charge in [0.05, 0.1) is 30.2 Å². The molecule has 2 amide bonds. The largest absolute Gasteiger partial charge is 0.465 e. The van der Waals surface area contributed by atoms with E-state index in [4.69, 9.17) is 4.74 Å². The third kappa shape index (κ3) is 6.32. The molecule has 1 unspecified atom stereocenters.